The second-order valence-corrected chi connectivity index (χ2v) is 3.52. The van der Waals surface area contributed by atoms with Gasteiger partial charge in [0.2, 0.25) is 0 Å². The SMILES string of the molecule is Cn1cc2cc(O)c(Br)cc2n1. The van der Waals surface area contributed by atoms with E-state index in [2.05, 4.69) is 21.0 Å². The number of aromatic nitrogens is 2. The number of phenolic OH excluding ortho intramolecular Hbond substituents is 1. The molecule has 0 spiro atoms. The maximum Gasteiger partial charge on any atom is 0.130 e. The second-order valence-electron chi connectivity index (χ2n) is 2.67. The van der Waals surface area contributed by atoms with Crippen molar-refractivity contribution in [3.63, 3.8) is 0 Å². The third kappa shape index (κ3) is 1.08. The standard InChI is InChI=1S/C8H7BrN2O/c1-11-4-5-2-8(12)6(9)3-7(5)10-11/h2-4,12H,1H3. The molecule has 3 nitrogen and oxygen atoms in total. The van der Waals surface area contributed by atoms with Crippen LogP contribution >= 0.6 is 15.9 Å². The Hall–Kier alpha value is -1.03. The molecule has 1 aromatic heterocycles. The lowest BCUT2D eigenvalue weighted by molar-refractivity contribution is 0.473. The number of hydrogen-bond acceptors (Lipinski definition) is 2. The number of benzene rings is 1. The second kappa shape index (κ2) is 2.48. The van der Waals surface area contributed by atoms with Crippen LogP contribution in [0.3, 0.4) is 0 Å². The van der Waals surface area contributed by atoms with Gasteiger partial charge >= 0.3 is 0 Å². The van der Waals surface area contributed by atoms with Gasteiger partial charge in [0, 0.05) is 18.6 Å². The van der Waals surface area contributed by atoms with Gasteiger partial charge in [0.15, 0.2) is 0 Å². The summed E-state index contributed by atoms with van der Waals surface area (Å²) in [5.74, 6) is 0.246. The summed E-state index contributed by atoms with van der Waals surface area (Å²) in [5.41, 5.74) is 0.877. The summed E-state index contributed by atoms with van der Waals surface area (Å²) in [6, 6.07) is 3.48. The van der Waals surface area contributed by atoms with Crippen LogP contribution in [0.2, 0.25) is 0 Å². The van der Waals surface area contributed by atoms with Crippen LogP contribution in [0.25, 0.3) is 10.9 Å². The molecule has 0 saturated carbocycles. The van der Waals surface area contributed by atoms with E-state index >= 15 is 0 Å². The molecule has 0 fully saturated rings. The molecular weight excluding hydrogens is 220 g/mol. The minimum Gasteiger partial charge on any atom is -0.507 e. The van der Waals surface area contributed by atoms with Crippen LogP contribution < -0.4 is 0 Å². The van der Waals surface area contributed by atoms with Crippen LogP contribution in [0.1, 0.15) is 0 Å². The van der Waals surface area contributed by atoms with Gasteiger partial charge in [0.25, 0.3) is 0 Å². The van der Waals surface area contributed by atoms with E-state index in [0.717, 1.165) is 10.9 Å². The summed E-state index contributed by atoms with van der Waals surface area (Å²) in [6.07, 6.45) is 1.86. The van der Waals surface area contributed by atoms with Crippen molar-refractivity contribution in [3.8, 4) is 5.75 Å². The van der Waals surface area contributed by atoms with Crippen molar-refractivity contribution in [1.82, 2.24) is 9.78 Å². The number of fused-ring (bicyclic) bond motifs is 1. The van der Waals surface area contributed by atoms with Crippen LogP contribution in [0, 0.1) is 0 Å². The van der Waals surface area contributed by atoms with Crippen molar-refractivity contribution in [2.45, 2.75) is 0 Å². The van der Waals surface area contributed by atoms with Gasteiger partial charge in [-0.3, -0.25) is 4.68 Å². The van der Waals surface area contributed by atoms with Crippen molar-refractivity contribution in [1.29, 1.82) is 0 Å². The molecule has 1 N–H and O–H groups in total. The molecule has 0 aliphatic rings. The number of aromatic hydroxyl groups is 1. The number of rotatable bonds is 0. The van der Waals surface area contributed by atoms with E-state index in [-0.39, 0.29) is 5.75 Å². The molecule has 2 rings (SSSR count). The van der Waals surface area contributed by atoms with E-state index in [1.165, 1.54) is 0 Å². The van der Waals surface area contributed by atoms with Crippen molar-refractivity contribution in [2.24, 2.45) is 7.05 Å². The molecule has 0 radical (unpaired) electrons. The summed E-state index contributed by atoms with van der Waals surface area (Å²) in [5, 5.41) is 14.5. The Morgan fingerprint density at radius 3 is 3.00 bits per heavy atom. The third-order valence-electron chi connectivity index (χ3n) is 1.69. The maximum absolute atomic E-state index is 9.34. The molecule has 0 aliphatic carbocycles. The first-order valence-corrected chi connectivity index (χ1v) is 4.28. The molecule has 62 valence electrons. The number of phenols is 1. The van der Waals surface area contributed by atoms with E-state index in [9.17, 15) is 5.11 Å². The van der Waals surface area contributed by atoms with Crippen LogP contribution in [0.15, 0.2) is 22.8 Å². The lowest BCUT2D eigenvalue weighted by Gasteiger charge is -1.94. The molecule has 0 amide bonds. The lowest BCUT2D eigenvalue weighted by Crippen LogP contribution is -1.84. The predicted molar refractivity (Wildman–Crippen MR) is 50.1 cm³/mol. The van der Waals surface area contributed by atoms with Gasteiger partial charge in [0.1, 0.15) is 5.75 Å². The molecule has 0 saturated heterocycles. The first-order chi connectivity index (χ1) is 5.66. The number of nitrogens with zero attached hydrogens (tertiary/aromatic N) is 2. The first-order valence-electron chi connectivity index (χ1n) is 3.48. The van der Waals surface area contributed by atoms with Gasteiger partial charge in [0.05, 0.1) is 9.99 Å². The quantitative estimate of drug-likeness (QED) is 0.747. The van der Waals surface area contributed by atoms with E-state index in [1.54, 1.807) is 16.8 Å². The zero-order chi connectivity index (χ0) is 8.72. The van der Waals surface area contributed by atoms with Crippen LogP contribution in [0.5, 0.6) is 5.75 Å². The van der Waals surface area contributed by atoms with Gasteiger partial charge in [-0.25, -0.2) is 0 Å². The molecule has 4 heteroatoms. The fourth-order valence-electron chi connectivity index (χ4n) is 1.16. The summed E-state index contributed by atoms with van der Waals surface area (Å²) < 4.78 is 2.39. The van der Waals surface area contributed by atoms with E-state index in [0.29, 0.717) is 4.47 Å². The molecule has 0 bridgehead atoms. The highest BCUT2D eigenvalue weighted by Crippen LogP contribution is 2.28. The average molecular weight is 227 g/mol. The van der Waals surface area contributed by atoms with Gasteiger partial charge in [-0.05, 0) is 28.1 Å². The van der Waals surface area contributed by atoms with Crippen LogP contribution in [0.4, 0.5) is 0 Å². The zero-order valence-corrected chi connectivity index (χ0v) is 8.04. The van der Waals surface area contributed by atoms with E-state index < -0.39 is 0 Å². The number of halogens is 1. The molecule has 2 aromatic rings. The van der Waals surface area contributed by atoms with Gasteiger partial charge in [-0.15, -0.1) is 0 Å². The van der Waals surface area contributed by atoms with Gasteiger partial charge < -0.3 is 5.11 Å². The number of aryl methyl sites for hydroxylation is 1. The summed E-state index contributed by atoms with van der Waals surface area (Å²) in [4.78, 5) is 0. The predicted octanol–water partition coefficient (Wildman–Crippen LogP) is 2.04. The minimum atomic E-state index is 0.246. The fraction of sp³-hybridized carbons (Fsp3) is 0.125. The van der Waals surface area contributed by atoms with Crippen molar-refractivity contribution in [3.05, 3.63) is 22.8 Å². The Bertz CT molecular complexity index is 397. The highest BCUT2D eigenvalue weighted by Gasteiger charge is 2.03. The van der Waals surface area contributed by atoms with Crippen LogP contribution in [-0.2, 0) is 7.05 Å². The summed E-state index contributed by atoms with van der Waals surface area (Å²) in [6.45, 7) is 0. The largest absolute Gasteiger partial charge is 0.507 e. The molecular formula is C8H7BrN2O. The molecule has 0 atom stereocenters. The molecule has 1 heterocycles. The zero-order valence-electron chi connectivity index (χ0n) is 6.45. The van der Waals surface area contributed by atoms with Gasteiger partial charge in [-0.2, -0.15) is 5.10 Å². The highest BCUT2D eigenvalue weighted by molar-refractivity contribution is 9.10. The smallest absolute Gasteiger partial charge is 0.130 e. The fourth-order valence-corrected chi connectivity index (χ4v) is 1.49. The summed E-state index contributed by atoms with van der Waals surface area (Å²) in [7, 11) is 1.85. The van der Waals surface area contributed by atoms with Crippen molar-refractivity contribution < 1.29 is 5.11 Å². The highest BCUT2D eigenvalue weighted by atomic mass is 79.9. The molecule has 0 unspecified atom stereocenters. The topological polar surface area (TPSA) is 38.0 Å². The Labute approximate surface area is 77.7 Å². The third-order valence-corrected chi connectivity index (χ3v) is 2.32. The van der Waals surface area contributed by atoms with E-state index in [1.807, 2.05) is 13.2 Å². The lowest BCUT2D eigenvalue weighted by atomic mass is 10.2. The van der Waals surface area contributed by atoms with E-state index in [4.69, 9.17) is 0 Å². The Kier molecular flexibility index (Phi) is 1.58. The van der Waals surface area contributed by atoms with Crippen LogP contribution in [-0.4, -0.2) is 14.9 Å². The average Bonchev–Trinajstić information content (AvgIpc) is 2.30. The molecule has 1 aromatic carbocycles. The molecule has 0 aliphatic heterocycles. The van der Waals surface area contributed by atoms with Crippen molar-refractivity contribution >= 4 is 26.8 Å². The summed E-state index contributed by atoms with van der Waals surface area (Å²) >= 11 is 3.23. The maximum atomic E-state index is 9.34. The van der Waals surface area contributed by atoms with Gasteiger partial charge in [-0.1, -0.05) is 0 Å². The number of hydrogen-bond donors (Lipinski definition) is 1. The Morgan fingerprint density at radius 1 is 1.50 bits per heavy atom. The van der Waals surface area contributed by atoms with Crippen molar-refractivity contribution in [2.75, 3.05) is 0 Å². The Balaban J connectivity index is 2.83. The first kappa shape index (κ1) is 7.61. The Morgan fingerprint density at radius 2 is 2.25 bits per heavy atom. The monoisotopic (exact) mass is 226 g/mol. The normalized spacial score (nSPS) is 10.8. The minimum absolute atomic E-state index is 0.246. The molecule has 12 heavy (non-hydrogen) atoms.